The number of hydrogen-bond donors (Lipinski definition) is 2. The number of carboxylic acids is 2. The largest absolute Gasteiger partial charge is 0.478 e. The first-order valence-corrected chi connectivity index (χ1v) is 5.25. The highest BCUT2D eigenvalue weighted by Gasteiger charge is 2.20. The molecule has 0 aromatic heterocycles. The number of carbonyl (C=O) groups is 2. The van der Waals surface area contributed by atoms with E-state index in [2.05, 4.69) is 0 Å². The molecule has 0 saturated carbocycles. The Morgan fingerprint density at radius 2 is 1.50 bits per heavy atom. The first-order valence-electron chi connectivity index (χ1n) is 5.25. The Kier molecular flexibility index (Phi) is 3.10. The lowest BCUT2D eigenvalue weighted by Crippen LogP contribution is -1.93. The molecular weight excluding hydrogens is 232 g/mol. The maximum Gasteiger partial charge on any atom is 0.336 e. The van der Waals surface area contributed by atoms with Gasteiger partial charge in [-0.3, -0.25) is 0 Å². The van der Waals surface area contributed by atoms with Gasteiger partial charge in [-0.1, -0.05) is 24.3 Å². The first-order chi connectivity index (χ1) is 8.59. The van der Waals surface area contributed by atoms with Crippen LogP contribution in [0, 0.1) is 0 Å². The summed E-state index contributed by atoms with van der Waals surface area (Å²) >= 11 is 0. The topological polar surface area (TPSA) is 74.6 Å². The van der Waals surface area contributed by atoms with Crippen LogP contribution in [0.3, 0.4) is 0 Å². The minimum absolute atomic E-state index is 0.331. The highest BCUT2D eigenvalue weighted by molar-refractivity contribution is 6.03. The number of benzene rings is 2. The standard InChI is InChI=1S/C7H4O2.C7H6O2/c8-7(9)5-2-1-4-3-6(4)5;8-7(9)6-4-2-1-3-5-6/h1-3H,(H,8,9);1-5H,(H,8,9). The minimum Gasteiger partial charge on any atom is -0.478 e. The number of hydrogen-bond acceptors (Lipinski definition) is 2. The fourth-order valence-electron chi connectivity index (χ4n) is 1.52. The van der Waals surface area contributed by atoms with Crippen LogP contribution in [0.5, 0.6) is 0 Å². The third-order valence-electron chi connectivity index (χ3n) is 2.50. The molecular formula is C14H10O4. The lowest BCUT2D eigenvalue weighted by Gasteiger charge is -1.88. The second-order valence-corrected chi connectivity index (χ2v) is 3.74. The van der Waals surface area contributed by atoms with Gasteiger partial charge in [0, 0.05) is 0 Å². The van der Waals surface area contributed by atoms with E-state index in [0.717, 1.165) is 11.1 Å². The summed E-state index contributed by atoms with van der Waals surface area (Å²) in [7, 11) is 0. The molecule has 2 aliphatic carbocycles. The van der Waals surface area contributed by atoms with E-state index in [-0.39, 0.29) is 0 Å². The van der Waals surface area contributed by atoms with Crippen LogP contribution in [-0.4, -0.2) is 22.2 Å². The van der Waals surface area contributed by atoms with Crippen LogP contribution in [-0.2, 0) is 0 Å². The van der Waals surface area contributed by atoms with Gasteiger partial charge >= 0.3 is 11.9 Å². The second-order valence-electron chi connectivity index (χ2n) is 3.74. The third-order valence-corrected chi connectivity index (χ3v) is 2.50. The Morgan fingerprint density at radius 1 is 0.833 bits per heavy atom. The molecule has 1 aromatic rings. The van der Waals surface area contributed by atoms with Crippen LogP contribution in [0.1, 0.15) is 20.7 Å². The predicted molar refractivity (Wildman–Crippen MR) is 65.8 cm³/mol. The van der Waals surface area contributed by atoms with E-state index in [4.69, 9.17) is 10.2 Å². The highest BCUT2D eigenvalue weighted by atomic mass is 16.4. The van der Waals surface area contributed by atoms with Crippen molar-refractivity contribution in [2.45, 2.75) is 0 Å². The second kappa shape index (κ2) is 4.71. The van der Waals surface area contributed by atoms with Gasteiger partial charge in [-0.05, 0) is 35.4 Å². The number of rotatable bonds is 2. The lowest BCUT2D eigenvalue weighted by atomic mass is 10.2. The smallest absolute Gasteiger partial charge is 0.336 e. The van der Waals surface area contributed by atoms with Crippen molar-refractivity contribution >= 4 is 11.9 Å². The van der Waals surface area contributed by atoms with Gasteiger partial charge < -0.3 is 10.2 Å². The predicted octanol–water partition coefficient (Wildman–Crippen LogP) is 2.75. The van der Waals surface area contributed by atoms with Crippen LogP contribution in [0.2, 0.25) is 0 Å². The van der Waals surface area contributed by atoms with Gasteiger partial charge in [0.25, 0.3) is 0 Å². The molecule has 3 rings (SSSR count). The van der Waals surface area contributed by atoms with Crippen LogP contribution in [0.4, 0.5) is 0 Å². The summed E-state index contributed by atoms with van der Waals surface area (Å²) in [6, 6.07) is 13.6. The van der Waals surface area contributed by atoms with E-state index >= 15 is 0 Å². The van der Waals surface area contributed by atoms with Crippen molar-refractivity contribution in [2.24, 2.45) is 0 Å². The molecule has 4 nitrogen and oxygen atoms in total. The van der Waals surface area contributed by atoms with Crippen LogP contribution >= 0.6 is 0 Å². The van der Waals surface area contributed by atoms with Gasteiger partial charge in [-0.15, -0.1) is 0 Å². The van der Waals surface area contributed by atoms with Crippen molar-refractivity contribution in [1.82, 2.24) is 0 Å². The molecule has 0 heterocycles. The molecule has 18 heavy (non-hydrogen) atoms. The molecule has 0 spiro atoms. The van der Waals surface area contributed by atoms with Crippen molar-refractivity contribution in [3.8, 4) is 11.1 Å². The maximum atomic E-state index is 10.3. The molecule has 2 aliphatic rings. The van der Waals surface area contributed by atoms with Crippen molar-refractivity contribution in [1.29, 1.82) is 0 Å². The Hall–Kier alpha value is -2.62. The Bertz CT molecular complexity index is 602. The van der Waals surface area contributed by atoms with Gasteiger partial charge in [0.15, 0.2) is 0 Å². The number of aromatic carboxylic acids is 2. The van der Waals surface area contributed by atoms with Gasteiger partial charge in [0.2, 0.25) is 0 Å². The molecule has 0 bridgehead atoms. The summed E-state index contributed by atoms with van der Waals surface area (Å²) < 4.78 is 0. The molecule has 0 amide bonds. The Balaban J connectivity index is 0.000000134. The third kappa shape index (κ3) is 2.55. The summed E-state index contributed by atoms with van der Waals surface area (Å²) in [5.41, 5.74) is 2.75. The molecule has 1 aromatic carbocycles. The quantitative estimate of drug-likeness (QED) is 0.724. The SMILES string of the molecule is O=C(O)c1ccc2cc1-2.O=C(O)c1ccccc1. The molecule has 0 fully saturated rings. The molecule has 90 valence electrons. The van der Waals surface area contributed by atoms with Gasteiger partial charge in [-0.2, -0.15) is 0 Å². The van der Waals surface area contributed by atoms with Crippen LogP contribution < -0.4 is 0 Å². The number of fused-ring (bicyclic) bond motifs is 1. The van der Waals surface area contributed by atoms with E-state index in [1.807, 2.05) is 12.1 Å². The summed E-state index contributed by atoms with van der Waals surface area (Å²) in [6.07, 6.45) is 0. The van der Waals surface area contributed by atoms with E-state index in [1.54, 1.807) is 36.4 Å². The average Bonchev–Trinajstić information content (AvgIpc) is 3.01. The van der Waals surface area contributed by atoms with Crippen molar-refractivity contribution in [3.05, 3.63) is 59.7 Å². The molecule has 0 unspecified atom stereocenters. The summed E-state index contributed by atoms with van der Waals surface area (Å²) in [6.45, 7) is 0. The zero-order chi connectivity index (χ0) is 13.1. The average molecular weight is 242 g/mol. The van der Waals surface area contributed by atoms with E-state index in [0.29, 0.717) is 11.1 Å². The van der Waals surface area contributed by atoms with Crippen molar-refractivity contribution in [2.75, 3.05) is 0 Å². The van der Waals surface area contributed by atoms with E-state index in [1.165, 1.54) is 0 Å². The number of carboxylic acid groups (broad SMARTS) is 2. The molecule has 4 heteroatoms. The lowest BCUT2D eigenvalue weighted by molar-refractivity contribution is 0.0686. The van der Waals surface area contributed by atoms with Crippen molar-refractivity contribution < 1.29 is 19.8 Å². The fraction of sp³-hybridized carbons (Fsp3) is 0. The molecule has 2 N–H and O–H groups in total. The Labute approximate surface area is 103 Å². The highest BCUT2D eigenvalue weighted by Crippen LogP contribution is 2.37. The molecule has 0 aliphatic heterocycles. The van der Waals surface area contributed by atoms with Gasteiger partial charge in [0.1, 0.15) is 0 Å². The Morgan fingerprint density at radius 3 is 1.78 bits per heavy atom. The monoisotopic (exact) mass is 242 g/mol. The molecule has 0 saturated heterocycles. The zero-order valence-electron chi connectivity index (χ0n) is 9.33. The molecule has 0 radical (unpaired) electrons. The maximum absolute atomic E-state index is 10.3. The normalized spacial score (nSPS) is 10.0. The van der Waals surface area contributed by atoms with Crippen molar-refractivity contribution in [3.63, 3.8) is 0 Å². The minimum atomic E-state index is -0.879. The fourth-order valence-corrected chi connectivity index (χ4v) is 1.52. The van der Waals surface area contributed by atoms with Gasteiger partial charge in [0.05, 0.1) is 11.1 Å². The first kappa shape index (κ1) is 11.9. The van der Waals surface area contributed by atoms with Crippen LogP contribution in [0.15, 0.2) is 48.5 Å². The zero-order valence-corrected chi connectivity index (χ0v) is 9.33. The summed E-state index contributed by atoms with van der Waals surface area (Å²) in [5.74, 6) is -1.71. The summed E-state index contributed by atoms with van der Waals surface area (Å²) in [4.78, 5) is 20.5. The van der Waals surface area contributed by atoms with E-state index in [9.17, 15) is 9.59 Å². The van der Waals surface area contributed by atoms with Gasteiger partial charge in [-0.25, -0.2) is 9.59 Å². The van der Waals surface area contributed by atoms with E-state index < -0.39 is 11.9 Å². The molecule has 0 atom stereocenters. The van der Waals surface area contributed by atoms with Crippen LogP contribution in [0.25, 0.3) is 11.1 Å². The summed E-state index contributed by atoms with van der Waals surface area (Å²) in [5, 5.41) is 16.9.